The van der Waals surface area contributed by atoms with Gasteiger partial charge in [-0.25, -0.2) is 9.59 Å². The monoisotopic (exact) mass is 390 g/mol. The van der Waals surface area contributed by atoms with E-state index in [1.54, 1.807) is 24.3 Å². The Balaban J connectivity index is 1.84. The molecule has 1 aromatic carbocycles. The van der Waals surface area contributed by atoms with E-state index in [0.29, 0.717) is 44.6 Å². The van der Waals surface area contributed by atoms with E-state index in [0.717, 1.165) is 19.3 Å². The molecule has 5 nitrogen and oxygen atoms in total. The minimum Gasteiger partial charge on any atom is -0.462 e. The molecule has 0 N–H and O–H groups in total. The predicted octanol–water partition coefficient (Wildman–Crippen LogP) is 4.31. The Hall–Kier alpha value is -2.09. The maximum Gasteiger partial charge on any atom is 0.490 e. The lowest BCUT2D eigenvalue weighted by Crippen LogP contribution is -2.25. The second-order valence-corrected chi connectivity index (χ2v) is 5.87. The summed E-state index contributed by atoms with van der Waals surface area (Å²) in [5.41, 5.74) is 0.536. The number of esters is 2. The molecular weight excluding hydrogens is 365 g/mol. The van der Waals surface area contributed by atoms with Crippen molar-refractivity contribution >= 4 is 11.9 Å². The molecule has 0 saturated heterocycles. The number of ether oxygens (including phenoxy) is 3. The van der Waals surface area contributed by atoms with Crippen molar-refractivity contribution in [2.24, 2.45) is 0 Å². The number of hydrogen-bond acceptors (Lipinski definition) is 5. The molecule has 1 rings (SSSR count). The Morgan fingerprint density at radius 3 is 1.81 bits per heavy atom. The van der Waals surface area contributed by atoms with Crippen molar-refractivity contribution in [1.82, 2.24) is 0 Å². The molecule has 0 aromatic heterocycles. The molecule has 0 bridgehead atoms. The van der Waals surface area contributed by atoms with Gasteiger partial charge in [0.05, 0.1) is 18.8 Å². The molecule has 0 aliphatic rings. The van der Waals surface area contributed by atoms with Gasteiger partial charge < -0.3 is 14.2 Å². The Morgan fingerprint density at radius 1 is 0.741 bits per heavy atom. The summed E-state index contributed by atoms with van der Waals surface area (Å²) in [6, 6.07) is 8.80. The van der Waals surface area contributed by atoms with Gasteiger partial charge in [0.2, 0.25) is 0 Å². The van der Waals surface area contributed by atoms with Gasteiger partial charge in [-0.2, -0.15) is 13.2 Å². The van der Waals surface area contributed by atoms with Gasteiger partial charge in [-0.1, -0.05) is 18.2 Å². The number of halogens is 3. The largest absolute Gasteiger partial charge is 0.490 e. The van der Waals surface area contributed by atoms with E-state index in [-0.39, 0.29) is 12.6 Å². The zero-order valence-corrected chi connectivity index (χ0v) is 15.1. The molecule has 0 aliphatic heterocycles. The van der Waals surface area contributed by atoms with Gasteiger partial charge in [0, 0.05) is 13.2 Å². The third-order valence-corrected chi connectivity index (χ3v) is 3.57. The van der Waals surface area contributed by atoms with Crippen LogP contribution in [0.25, 0.3) is 0 Å². The average Bonchev–Trinajstić information content (AvgIpc) is 2.65. The lowest BCUT2D eigenvalue weighted by molar-refractivity contribution is -0.199. The van der Waals surface area contributed by atoms with E-state index in [1.807, 2.05) is 6.07 Å². The minimum atomic E-state index is -4.93. The molecule has 1 aromatic rings. The molecule has 0 unspecified atom stereocenters. The molecule has 0 aliphatic carbocycles. The van der Waals surface area contributed by atoms with Crippen LogP contribution in [0.5, 0.6) is 0 Å². The first kappa shape index (κ1) is 23.0. The fourth-order valence-corrected chi connectivity index (χ4v) is 2.14. The zero-order valence-electron chi connectivity index (χ0n) is 15.1. The molecule has 0 heterocycles. The van der Waals surface area contributed by atoms with Gasteiger partial charge in [0.15, 0.2) is 0 Å². The predicted molar refractivity (Wildman–Crippen MR) is 92.3 cm³/mol. The Bertz CT molecular complexity index is 546. The highest BCUT2D eigenvalue weighted by Crippen LogP contribution is 2.16. The first-order valence-corrected chi connectivity index (χ1v) is 8.95. The molecular formula is C19H25F3O5. The van der Waals surface area contributed by atoms with E-state index in [1.165, 1.54) is 0 Å². The van der Waals surface area contributed by atoms with Crippen LogP contribution < -0.4 is 0 Å². The molecule has 0 radical (unpaired) electrons. The van der Waals surface area contributed by atoms with E-state index in [4.69, 9.17) is 9.47 Å². The fourth-order valence-electron chi connectivity index (χ4n) is 2.14. The highest BCUT2D eigenvalue weighted by Gasteiger charge is 2.40. The van der Waals surface area contributed by atoms with E-state index in [2.05, 4.69) is 4.74 Å². The third-order valence-electron chi connectivity index (χ3n) is 3.57. The molecule has 0 spiro atoms. The van der Waals surface area contributed by atoms with Gasteiger partial charge in [-0.15, -0.1) is 0 Å². The molecule has 0 amide bonds. The summed E-state index contributed by atoms with van der Waals surface area (Å²) in [7, 11) is 0. The Labute approximate surface area is 156 Å². The smallest absolute Gasteiger partial charge is 0.462 e. The molecule has 0 saturated carbocycles. The summed E-state index contributed by atoms with van der Waals surface area (Å²) in [4.78, 5) is 22.1. The quantitative estimate of drug-likeness (QED) is 0.371. The third kappa shape index (κ3) is 11.3. The normalized spacial score (nSPS) is 11.2. The number of carbonyl (C=O) groups is 2. The molecule has 27 heavy (non-hydrogen) atoms. The molecule has 0 atom stereocenters. The van der Waals surface area contributed by atoms with Crippen molar-refractivity contribution in [3.05, 3.63) is 35.9 Å². The standard InChI is InChI=1S/C19H25F3O5/c20-19(21,22)18(24)27-15-9-3-7-13-25-12-6-2-8-14-26-17(23)16-10-4-1-5-11-16/h1,4-5,10-11H,2-3,6-9,12-15H2. The van der Waals surface area contributed by atoms with E-state index in [9.17, 15) is 22.8 Å². The van der Waals surface area contributed by atoms with Crippen molar-refractivity contribution in [3.63, 3.8) is 0 Å². The molecule has 8 heteroatoms. The number of carbonyl (C=O) groups excluding carboxylic acids is 2. The summed E-state index contributed by atoms with van der Waals surface area (Å²) in [5, 5.41) is 0. The van der Waals surface area contributed by atoms with Gasteiger partial charge in [-0.05, 0) is 50.7 Å². The van der Waals surface area contributed by atoms with Gasteiger partial charge >= 0.3 is 18.1 Å². The van der Waals surface area contributed by atoms with Crippen molar-refractivity contribution in [2.45, 2.75) is 44.7 Å². The van der Waals surface area contributed by atoms with Crippen molar-refractivity contribution in [3.8, 4) is 0 Å². The maximum atomic E-state index is 11.9. The van der Waals surface area contributed by atoms with Crippen LogP contribution in [0.15, 0.2) is 30.3 Å². The summed E-state index contributed by atoms with van der Waals surface area (Å²) in [6.45, 7) is 1.22. The number of unbranched alkanes of at least 4 members (excludes halogenated alkanes) is 4. The lowest BCUT2D eigenvalue weighted by atomic mass is 10.2. The van der Waals surface area contributed by atoms with Crippen LogP contribution in [0.3, 0.4) is 0 Å². The number of rotatable bonds is 13. The van der Waals surface area contributed by atoms with E-state index >= 15 is 0 Å². The van der Waals surface area contributed by atoms with Gasteiger partial charge in [0.25, 0.3) is 0 Å². The van der Waals surface area contributed by atoms with Crippen molar-refractivity contribution < 1.29 is 37.0 Å². The van der Waals surface area contributed by atoms with Gasteiger partial charge in [0.1, 0.15) is 0 Å². The van der Waals surface area contributed by atoms with Crippen LogP contribution in [-0.2, 0) is 19.0 Å². The minimum absolute atomic E-state index is 0.236. The summed E-state index contributed by atoms with van der Waals surface area (Å²) < 4.78 is 50.3. The number of hydrogen-bond donors (Lipinski definition) is 0. The Kier molecular flexibility index (Phi) is 11.2. The van der Waals surface area contributed by atoms with Gasteiger partial charge in [-0.3, -0.25) is 0 Å². The molecule has 152 valence electrons. The first-order valence-electron chi connectivity index (χ1n) is 8.95. The first-order chi connectivity index (χ1) is 12.9. The number of benzene rings is 1. The summed E-state index contributed by atoms with van der Waals surface area (Å²) in [5.74, 6) is -2.47. The Morgan fingerprint density at radius 2 is 1.26 bits per heavy atom. The van der Waals surface area contributed by atoms with Crippen LogP contribution in [0, 0.1) is 0 Å². The maximum absolute atomic E-state index is 11.9. The van der Waals surface area contributed by atoms with Crippen LogP contribution in [0.2, 0.25) is 0 Å². The van der Waals surface area contributed by atoms with Crippen LogP contribution >= 0.6 is 0 Å². The van der Waals surface area contributed by atoms with Crippen LogP contribution in [-0.4, -0.2) is 44.5 Å². The van der Waals surface area contributed by atoms with Crippen LogP contribution in [0.4, 0.5) is 13.2 Å². The number of alkyl halides is 3. The molecule has 0 fully saturated rings. The summed E-state index contributed by atoms with van der Waals surface area (Å²) in [6.07, 6.45) is -0.770. The van der Waals surface area contributed by atoms with Crippen molar-refractivity contribution in [2.75, 3.05) is 26.4 Å². The average molecular weight is 390 g/mol. The highest BCUT2D eigenvalue weighted by atomic mass is 19.4. The van der Waals surface area contributed by atoms with Crippen LogP contribution in [0.1, 0.15) is 48.9 Å². The SMILES string of the molecule is O=C(OCCCCCOCCCCCOC(=O)C(F)(F)F)c1ccccc1. The zero-order chi connectivity index (χ0) is 20.0. The lowest BCUT2D eigenvalue weighted by Gasteiger charge is -2.07. The summed E-state index contributed by atoms with van der Waals surface area (Å²) >= 11 is 0. The van der Waals surface area contributed by atoms with E-state index < -0.39 is 12.1 Å². The fraction of sp³-hybridized carbons (Fsp3) is 0.579. The van der Waals surface area contributed by atoms with Crippen molar-refractivity contribution in [1.29, 1.82) is 0 Å². The second-order valence-electron chi connectivity index (χ2n) is 5.87. The topological polar surface area (TPSA) is 61.8 Å². The highest BCUT2D eigenvalue weighted by molar-refractivity contribution is 5.89. The second kappa shape index (κ2) is 13.1.